The highest BCUT2D eigenvalue weighted by Crippen LogP contribution is 2.41. The topological polar surface area (TPSA) is 92.9 Å². The Morgan fingerprint density at radius 2 is 1.97 bits per heavy atom. The van der Waals surface area contributed by atoms with Gasteiger partial charge in [-0.1, -0.05) is 18.2 Å². The minimum atomic E-state index is -0.705. The SMILES string of the molecule is COc1cc(C2c3c(oc4cc(C)cc(C)c4c3=O)C(=O)N2Cc2cccnc2)ccc1O. The Hall–Kier alpha value is -4.13. The first-order chi connectivity index (χ1) is 15.9. The van der Waals surface area contributed by atoms with Crippen LogP contribution in [0, 0.1) is 13.8 Å². The van der Waals surface area contributed by atoms with Crippen LogP contribution in [-0.4, -0.2) is 28.0 Å². The molecule has 1 unspecified atom stereocenters. The second-order valence-electron chi connectivity index (χ2n) is 8.26. The van der Waals surface area contributed by atoms with Crippen molar-refractivity contribution < 1.29 is 19.1 Å². The molecule has 3 heterocycles. The fourth-order valence-corrected chi connectivity index (χ4v) is 4.58. The standard InChI is InChI=1S/C26H22N2O5/c1-14-9-15(2)21-20(10-14)33-25-22(24(21)30)23(17-6-7-18(29)19(11-17)32-3)28(26(25)31)13-16-5-4-8-27-12-16/h4-12,23,29H,13H2,1-3H3. The van der Waals surface area contributed by atoms with Gasteiger partial charge in [0.1, 0.15) is 5.58 Å². The lowest BCUT2D eigenvalue weighted by atomic mass is 9.96. The number of aromatic nitrogens is 1. The van der Waals surface area contributed by atoms with Crippen LogP contribution in [0.5, 0.6) is 11.5 Å². The molecule has 4 aromatic rings. The molecule has 0 aliphatic carbocycles. The van der Waals surface area contributed by atoms with Gasteiger partial charge in [0.05, 0.1) is 24.1 Å². The Balaban J connectivity index is 1.77. The highest BCUT2D eigenvalue weighted by atomic mass is 16.5. The molecule has 0 radical (unpaired) electrons. The summed E-state index contributed by atoms with van der Waals surface area (Å²) in [5, 5.41) is 10.6. The number of nitrogens with zero attached hydrogens (tertiary/aromatic N) is 2. The van der Waals surface area contributed by atoms with Crippen molar-refractivity contribution in [1.29, 1.82) is 0 Å². The van der Waals surface area contributed by atoms with Crippen molar-refractivity contribution in [2.24, 2.45) is 0 Å². The average Bonchev–Trinajstić information content (AvgIpc) is 3.06. The predicted octanol–water partition coefficient (Wildman–Crippen LogP) is 4.26. The lowest BCUT2D eigenvalue weighted by Gasteiger charge is -2.25. The third kappa shape index (κ3) is 3.33. The van der Waals surface area contributed by atoms with E-state index in [4.69, 9.17) is 9.15 Å². The quantitative estimate of drug-likeness (QED) is 0.508. The highest BCUT2D eigenvalue weighted by Gasteiger charge is 2.43. The van der Waals surface area contributed by atoms with Crippen molar-refractivity contribution in [3.63, 3.8) is 0 Å². The summed E-state index contributed by atoms with van der Waals surface area (Å²) < 4.78 is 11.4. The summed E-state index contributed by atoms with van der Waals surface area (Å²) in [7, 11) is 1.45. The molecule has 33 heavy (non-hydrogen) atoms. The largest absolute Gasteiger partial charge is 0.504 e. The van der Waals surface area contributed by atoms with E-state index in [1.165, 1.54) is 13.2 Å². The van der Waals surface area contributed by atoms with Gasteiger partial charge < -0.3 is 19.2 Å². The lowest BCUT2D eigenvalue weighted by Crippen LogP contribution is -2.29. The van der Waals surface area contributed by atoms with Crippen molar-refractivity contribution in [1.82, 2.24) is 9.88 Å². The number of hydrogen-bond acceptors (Lipinski definition) is 6. The number of aromatic hydroxyl groups is 1. The number of phenols is 1. The van der Waals surface area contributed by atoms with Crippen LogP contribution in [0.15, 0.2) is 64.1 Å². The zero-order valence-electron chi connectivity index (χ0n) is 18.5. The number of benzene rings is 2. The number of carbonyl (C=O) groups excluding carboxylic acids is 1. The Morgan fingerprint density at radius 1 is 1.15 bits per heavy atom. The number of aryl methyl sites for hydroxylation is 2. The molecule has 0 spiro atoms. The average molecular weight is 442 g/mol. The number of rotatable bonds is 4. The van der Waals surface area contributed by atoms with Gasteiger partial charge in [-0.15, -0.1) is 0 Å². The smallest absolute Gasteiger partial charge is 0.291 e. The zero-order chi connectivity index (χ0) is 23.3. The molecule has 2 aromatic carbocycles. The molecule has 7 nitrogen and oxygen atoms in total. The fraction of sp³-hybridized carbons (Fsp3) is 0.192. The van der Waals surface area contributed by atoms with Crippen LogP contribution in [0.1, 0.15) is 44.4 Å². The Labute approximate surface area is 189 Å². The van der Waals surface area contributed by atoms with Gasteiger partial charge in [-0.25, -0.2) is 0 Å². The highest BCUT2D eigenvalue weighted by molar-refractivity contribution is 5.99. The van der Waals surface area contributed by atoms with Gasteiger partial charge in [0.2, 0.25) is 5.76 Å². The van der Waals surface area contributed by atoms with E-state index in [-0.39, 0.29) is 40.7 Å². The molecule has 1 aliphatic heterocycles. The second kappa shape index (κ2) is 7.78. The normalized spacial score (nSPS) is 15.2. The first kappa shape index (κ1) is 20.8. The summed E-state index contributed by atoms with van der Waals surface area (Å²) >= 11 is 0. The van der Waals surface area contributed by atoms with E-state index in [0.29, 0.717) is 16.5 Å². The molecule has 166 valence electrons. The number of carbonyl (C=O) groups is 1. The van der Waals surface area contributed by atoms with Gasteiger partial charge in [-0.2, -0.15) is 0 Å². The fourth-order valence-electron chi connectivity index (χ4n) is 4.58. The van der Waals surface area contributed by atoms with Crippen molar-refractivity contribution in [3.05, 3.63) is 98.7 Å². The maximum atomic E-state index is 13.8. The predicted molar refractivity (Wildman–Crippen MR) is 123 cm³/mol. The molecule has 0 saturated carbocycles. The summed E-state index contributed by atoms with van der Waals surface area (Å²) in [5.74, 6) is -0.101. The van der Waals surface area contributed by atoms with Gasteiger partial charge in [-0.05, 0) is 60.4 Å². The van der Waals surface area contributed by atoms with E-state index >= 15 is 0 Å². The van der Waals surface area contributed by atoms with Crippen molar-refractivity contribution >= 4 is 16.9 Å². The maximum Gasteiger partial charge on any atom is 0.291 e. The number of fused-ring (bicyclic) bond motifs is 2. The van der Waals surface area contributed by atoms with Crippen LogP contribution in [-0.2, 0) is 6.54 Å². The van der Waals surface area contributed by atoms with Gasteiger partial charge in [0, 0.05) is 18.9 Å². The zero-order valence-corrected chi connectivity index (χ0v) is 18.5. The number of methoxy groups -OCH3 is 1. The van der Waals surface area contributed by atoms with Crippen LogP contribution in [0.4, 0.5) is 0 Å². The van der Waals surface area contributed by atoms with Crippen molar-refractivity contribution in [2.75, 3.05) is 7.11 Å². The molecule has 2 aromatic heterocycles. The number of amides is 1. The van der Waals surface area contributed by atoms with Crippen molar-refractivity contribution in [2.45, 2.75) is 26.4 Å². The van der Waals surface area contributed by atoms with E-state index in [0.717, 1.165) is 16.7 Å². The monoisotopic (exact) mass is 442 g/mol. The number of phenolic OH excluding ortho intramolecular Hbond substituents is 1. The molecule has 0 fully saturated rings. The first-order valence-corrected chi connectivity index (χ1v) is 10.5. The summed E-state index contributed by atoms with van der Waals surface area (Å²) in [6, 6.07) is 11.5. The second-order valence-corrected chi connectivity index (χ2v) is 8.26. The number of ether oxygens (including phenoxy) is 1. The van der Waals surface area contributed by atoms with E-state index < -0.39 is 6.04 Å². The minimum absolute atomic E-state index is 0.0264. The van der Waals surface area contributed by atoms with Crippen LogP contribution in [0.2, 0.25) is 0 Å². The van der Waals surface area contributed by atoms with Crippen molar-refractivity contribution in [3.8, 4) is 11.5 Å². The van der Waals surface area contributed by atoms with Gasteiger partial charge in [0.25, 0.3) is 5.91 Å². The van der Waals surface area contributed by atoms with Crippen LogP contribution < -0.4 is 10.2 Å². The summed E-state index contributed by atoms with van der Waals surface area (Å²) in [6.45, 7) is 4.02. The number of hydrogen-bond donors (Lipinski definition) is 1. The minimum Gasteiger partial charge on any atom is -0.504 e. The Kier molecular flexibility index (Phi) is 4.89. The molecule has 1 amide bonds. The third-order valence-electron chi connectivity index (χ3n) is 6.01. The van der Waals surface area contributed by atoms with Crippen LogP contribution in [0.25, 0.3) is 11.0 Å². The van der Waals surface area contributed by atoms with E-state index in [1.807, 2.05) is 26.0 Å². The summed E-state index contributed by atoms with van der Waals surface area (Å²) in [6.07, 6.45) is 3.35. The molecule has 0 bridgehead atoms. The Bertz CT molecular complexity index is 1460. The summed E-state index contributed by atoms with van der Waals surface area (Å²) in [5.41, 5.74) is 3.64. The van der Waals surface area contributed by atoms with Crippen LogP contribution >= 0.6 is 0 Å². The molecular formula is C26H22N2O5. The van der Waals surface area contributed by atoms with Crippen LogP contribution in [0.3, 0.4) is 0 Å². The first-order valence-electron chi connectivity index (χ1n) is 10.5. The molecule has 5 rings (SSSR count). The molecule has 1 aliphatic rings. The molecule has 1 N–H and O–H groups in total. The molecular weight excluding hydrogens is 420 g/mol. The van der Waals surface area contributed by atoms with E-state index in [2.05, 4.69) is 4.98 Å². The summed E-state index contributed by atoms with van der Waals surface area (Å²) in [4.78, 5) is 33.1. The van der Waals surface area contributed by atoms with E-state index in [1.54, 1.807) is 41.6 Å². The number of pyridine rings is 1. The maximum absolute atomic E-state index is 13.8. The van der Waals surface area contributed by atoms with Gasteiger partial charge in [0.15, 0.2) is 16.9 Å². The third-order valence-corrected chi connectivity index (χ3v) is 6.01. The van der Waals surface area contributed by atoms with E-state index in [9.17, 15) is 14.7 Å². The van der Waals surface area contributed by atoms with Gasteiger partial charge >= 0.3 is 0 Å². The Morgan fingerprint density at radius 3 is 2.70 bits per heavy atom. The molecule has 1 atom stereocenters. The molecule has 0 saturated heterocycles. The lowest BCUT2D eigenvalue weighted by molar-refractivity contribution is 0.0714. The van der Waals surface area contributed by atoms with Gasteiger partial charge in [-0.3, -0.25) is 14.6 Å². The molecule has 7 heteroatoms.